The van der Waals surface area contributed by atoms with Gasteiger partial charge in [0.15, 0.2) is 5.82 Å². The summed E-state index contributed by atoms with van der Waals surface area (Å²) >= 11 is 0. The smallest absolute Gasteiger partial charge is 0.408 e. The number of rotatable bonds is 16. The van der Waals surface area contributed by atoms with Gasteiger partial charge in [-0.2, -0.15) is 0 Å². The number of alkyl carbamates (subject to hydrolysis) is 1. The van der Waals surface area contributed by atoms with Gasteiger partial charge in [0.05, 0.1) is 18.7 Å². The van der Waals surface area contributed by atoms with Gasteiger partial charge in [-0.1, -0.05) is 26.8 Å². The minimum absolute atomic E-state index is 0.0290. The van der Waals surface area contributed by atoms with Gasteiger partial charge in [-0.05, 0) is 68.9 Å². The number of nitrogens with zero attached hydrogens (tertiary/aromatic N) is 4. The van der Waals surface area contributed by atoms with E-state index >= 15 is 0 Å². The van der Waals surface area contributed by atoms with E-state index in [0.717, 1.165) is 12.8 Å². The average Bonchev–Trinajstić information content (AvgIpc) is 3.83. The number of aromatic nitrogens is 3. The fourth-order valence-corrected chi connectivity index (χ4v) is 8.28. The predicted octanol–water partition coefficient (Wildman–Crippen LogP) is 4.70. The lowest BCUT2D eigenvalue weighted by Crippen LogP contribution is -2.59. The van der Waals surface area contributed by atoms with Gasteiger partial charge >= 0.3 is 12.1 Å². The molecule has 1 aromatic carbocycles. The van der Waals surface area contributed by atoms with E-state index in [2.05, 4.69) is 27.6 Å². The Morgan fingerprint density at radius 2 is 1.81 bits per heavy atom. The van der Waals surface area contributed by atoms with Gasteiger partial charge < -0.3 is 44.9 Å². The maximum absolute atomic E-state index is 14.7. The SMILES string of the molecule is C=C[C@@H]1C[C@]1(NC(=O)[C@@H]1C[C@@H](Oc2cc(-n3ccc(NC(C)C)n3)nc3cc(OCCOC)ccc23)CN1C(=O)[C@@H](NC(=O)OC1C[C@@H]2C[C@@H]2C1)C(C)(C)C)C(=O)O. The molecule has 312 valence electrons. The highest BCUT2D eigenvalue weighted by Gasteiger charge is 2.61. The fourth-order valence-electron chi connectivity index (χ4n) is 8.28. The third-order valence-corrected chi connectivity index (χ3v) is 11.6. The first-order valence-electron chi connectivity index (χ1n) is 20.1. The molecule has 0 radical (unpaired) electrons. The second-order valence-electron chi connectivity index (χ2n) is 17.4. The molecule has 0 bridgehead atoms. The van der Waals surface area contributed by atoms with Gasteiger partial charge in [0.2, 0.25) is 11.8 Å². The van der Waals surface area contributed by atoms with Crippen LogP contribution in [-0.2, 0) is 23.9 Å². The Balaban J connectivity index is 1.19. The number of carbonyl (C=O) groups excluding carboxylic acids is 3. The lowest BCUT2D eigenvalue weighted by atomic mass is 9.85. The number of ether oxygens (including phenoxy) is 4. The summed E-state index contributed by atoms with van der Waals surface area (Å²) in [5.41, 5.74) is -1.75. The van der Waals surface area contributed by atoms with E-state index in [1.165, 1.54) is 17.4 Å². The number of nitrogens with one attached hydrogen (secondary N) is 3. The highest BCUT2D eigenvalue weighted by atomic mass is 16.6. The van der Waals surface area contributed by atoms with Gasteiger partial charge in [-0.3, -0.25) is 9.59 Å². The minimum Gasteiger partial charge on any atom is -0.491 e. The number of benzene rings is 1. The predicted molar refractivity (Wildman–Crippen MR) is 214 cm³/mol. The standard InChI is InChI=1S/C42H55N7O9/c1-8-26-21-42(26,39(52)53)46-37(50)32-19-29(22-48(32)38(51)36(41(4,5)6)45-40(54)58-28-16-24-15-25(24)17-28)57-33-20-35(49-12-11-34(47-49)43-23(2)3)44-31-18-27(9-10-30(31)33)56-14-13-55-7/h8-12,18,20,23-26,28-29,32,36H,1,13-17,19,21-22H2,2-7H3,(H,43,47)(H,45,54)(H,46,50)(H,52,53)/t24-,25+,26-,28?,29-,32+,36-,42-/m1/s1. The summed E-state index contributed by atoms with van der Waals surface area (Å²) in [6.07, 6.45) is 4.73. The number of carbonyl (C=O) groups is 4. The van der Waals surface area contributed by atoms with Crippen molar-refractivity contribution in [3.8, 4) is 17.3 Å². The molecule has 3 heterocycles. The normalized spacial score (nSPS) is 26.4. The number of likely N-dealkylation sites (tertiary alicyclic amines) is 1. The molecule has 7 rings (SSSR count). The Hall–Kier alpha value is -5.38. The molecule has 1 aliphatic heterocycles. The molecule has 8 atom stereocenters. The molecule has 1 saturated heterocycles. The number of carboxylic acids is 1. The van der Waals surface area contributed by atoms with Crippen molar-refractivity contribution in [2.24, 2.45) is 23.2 Å². The highest BCUT2D eigenvalue weighted by molar-refractivity contribution is 5.96. The number of fused-ring (bicyclic) bond motifs is 2. The van der Waals surface area contributed by atoms with Crippen molar-refractivity contribution in [2.75, 3.05) is 32.2 Å². The van der Waals surface area contributed by atoms with Crippen molar-refractivity contribution in [3.63, 3.8) is 0 Å². The van der Waals surface area contributed by atoms with E-state index in [1.807, 2.05) is 46.8 Å². The quantitative estimate of drug-likeness (QED) is 0.115. The third-order valence-electron chi connectivity index (χ3n) is 11.6. The summed E-state index contributed by atoms with van der Waals surface area (Å²) in [4.78, 5) is 60.8. The number of hydrogen-bond donors (Lipinski definition) is 4. The molecule has 3 aromatic rings. The van der Waals surface area contributed by atoms with Crippen molar-refractivity contribution in [2.45, 2.75) is 103 Å². The van der Waals surface area contributed by atoms with Crippen LogP contribution >= 0.6 is 0 Å². The topological polar surface area (TPSA) is 195 Å². The zero-order valence-electron chi connectivity index (χ0n) is 34.0. The summed E-state index contributed by atoms with van der Waals surface area (Å²) in [5, 5.41) is 24.3. The first-order chi connectivity index (χ1) is 27.6. The molecule has 3 aliphatic carbocycles. The summed E-state index contributed by atoms with van der Waals surface area (Å²) in [7, 11) is 1.60. The number of aliphatic carboxylic acids is 1. The number of pyridine rings is 1. The Morgan fingerprint density at radius 1 is 1.05 bits per heavy atom. The van der Waals surface area contributed by atoms with Crippen molar-refractivity contribution in [1.29, 1.82) is 0 Å². The van der Waals surface area contributed by atoms with E-state index in [-0.39, 0.29) is 31.5 Å². The van der Waals surface area contributed by atoms with Crippen molar-refractivity contribution >= 4 is 40.6 Å². The van der Waals surface area contributed by atoms with Crippen molar-refractivity contribution in [3.05, 3.63) is 49.2 Å². The third kappa shape index (κ3) is 8.71. The van der Waals surface area contributed by atoms with Crippen LogP contribution in [0.25, 0.3) is 16.7 Å². The molecule has 4 N–H and O–H groups in total. The molecule has 4 aliphatic rings. The molecular formula is C42H55N7O9. The molecule has 58 heavy (non-hydrogen) atoms. The largest absolute Gasteiger partial charge is 0.491 e. The average molecular weight is 802 g/mol. The van der Waals surface area contributed by atoms with E-state index in [1.54, 1.807) is 36.2 Å². The molecule has 16 nitrogen and oxygen atoms in total. The lowest BCUT2D eigenvalue weighted by molar-refractivity contribution is -0.146. The van der Waals surface area contributed by atoms with E-state index < -0.39 is 58.9 Å². The summed E-state index contributed by atoms with van der Waals surface area (Å²) < 4.78 is 25.1. The zero-order chi connectivity index (χ0) is 41.5. The van der Waals surface area contributed by atoms with Gasteiger partial charge in [0, 0.05) is 55.3 Å². The number of carboxylic acid groups (broad SMARTS) is 1. The van der Waals surface area contributed by atoms with Crippen molar-refractivity contribution in [1.82, 2.24) is 30.3 Å². The first-order valence-corrected chi connectivity index (χ1v) is 20.1. The second kappa shape index (κ2) is 16.1. The van der Waals surface area contributed by atoms with Crippen LogP contribution in [0.15, 0.2) is 49.2 Å². The number of hydrogen-bond acceptors (Lipinski definition) is 11. The van der Waals surface area contributed by atoms with Crippen LogP contribution in [0, 0.1) is 23.2 Å². The molecule has 16 heteroatoms. The van der Waals surface area contributed by atoms with Crippen LogP contribution in [0.5, 0.6) is 11.5 Å². The summed E-state index contributed by atoms with van der Waals surface area (Å²) in [5.74, 6) is 0.536. The molecule has 1 unspecified atom stereocenters. The minimum atomic E-state index is -1.52. The molecule has 2 aromatic heterocycles. The van der Waals surface area contributed by atoms with Gasteiger partial charge in [0.1, 0.15) is 53.8 Å². The molecule has 3 amide bonds. The number of amides is 3. The van der Waals surface area contributed by atoms with Gasteiger partial charge in [0.25, 0.3) is 0 Å². The maximum Gasteiger partial charge on any atom is 0.408 e. The number of anilines is 1. The Kier molecular flexibility index (Phi) is 11.3. The summed E-state index contributed by atoms with van der Waals surface area (Å²) in [6.45, 7) is 14.0. The molecular weight excluding hydrogens is 747 g/mol. The monoisotopic (exact) mass is 801 g/mol. The first kappa shape index (κ1) is 40.8. The maximum atomic E-state index is 14.7. The van der Waals surface area contributed by atoms with Gasteiger partial charge in [-0.15, -0.1) is 11.7 Å². The lowest BCUT2D eigenvalue weighted by Gasteiger charge is -2.35. The van der Waals surface area contributed by atoms with Crippen LogP contribution in [0.4, 0.5) is 10.6 Å². The number of methoxy groups -OCH3 is 1. The van der Waals surface area contributed by atoms with Gasteiger partial charge in [-0.25, -0.2) is 19.3 Å². The second-order valence-corrected chi connectivity index (χ2v) is 17.4. The van der Waals surface area contributed by atoms with E-state index in [4.69, 9.17) is 23.9 Å². The highest BCUT2D eigenvalue weighted by Crippen LogP contribution is 2.52. The van der Waals surface area contributed by atoms with Crippen LogP contribution in [0.2, 0.25) is 0 Å². The Labute approximate surface area is 338 Å². The Morgan fingerprint density at radius 3 is 2.47 bits per heavy atom. The molecule has 0 spiro atoms. The van der Waals surface area contributed by atoms with Crippen LogP contribution in [0.3, 0.4) is 0 Å². The van der Waals surface area contributed by atoms with E-state index in [9.17, 15) is 24.3 Å². The van der Waals surface area contributed by atoms with Crippen LogP contribution in [-0.4, -0.2) is 111 Å². The molecule has 3 saturated carbocycles. The Bertz CT molecular complexity index is 2050. The van der Waals surface area contributed by atoms with Crippen LogP contribution in [0.1, 0.15) is 66.7 Å². The zero-order valence-corrected chi connectivity index (χ0v) is 34.0. The van der Waals surface area contributed by atoms with E-state index in [0.29, 0.717) is 59.1 Å². The summed E-state index contributed by atoms with van der Waals surface area (Å²) in [6, 6.07) is 6.98. The van der Waals surface area contributed by atoms with Crippen LogP contribution < -0.4 is 25.4 Å². The molecule has 4 fully saturated rings. The van der Waals surface area contributed by atoms with Crippen molar-refractivity contribution < 1.29 is 43.2 Å². The fraction of sp³-hybridized carbons (Fsp3) is 0.571.